The molecule has 0 amide bonds. The maximum Gasteiger partial charge on any atom is 0.490 e. The number of alkyl halides is 3. The number of rotatable bonds is 13. The molecular weight excluding hydrogens is 716 g/mol. The minimum Gasteiger partial charge on any atom is -0.490 e. The number of H-pyrrole nitrogens is 1. The Hall–Kier alpha value is -5.84. The first kappa shape index (κ1) is 40.9. The first-order chi connectivity index (χ1) is 25.3. The number of carboxylic acid groups (broad SMARTS) is 2. The van der Waals surface area contributed by atoms with Crippen LogP contribution in [0.5, 0.6) is 5.75 Å². The van der Waals surface area contributed by atoms with Gasteiger partial charge in [-0.05, 0) is 56.3 Å². The summed E-state index contributed by atoms with van der Waals surface area (Å²) in [4.78, 5) is 43.3. The molecule has 288 valence electrons. The molecule has 13 nitrogen and oxygen atoms in total. The molecule has 0 saturated carbocycles. The van der Waals surface area contributed by atoms with Crippen molar-refractivity contribution < 1.29 is 46.6 Å². The van der Waals surface area contributed by atoms with E-state index in [1.165, 1.54) is 12.1 Å². The largest absolute Gasteiger partial charge is 0.490 e. The van der Waals surface area contributed by atoms with Gasteiger partial charge in [-0.25, -0.2) is 18.8 Å². The molecule has 2 aromatic heterocycles. The second kappa shape index (κ2) is 16.9. The minimum atomic E-state index is -5.08. The third kappa shape index (κ3) is 10.4. The normalized spacial score (nSPS) is 12.3. The zero-order chi connectivity index (χ0) is 40.0. The van der Waals surface area contributed by atoms with Crippen LogP contribution in [0.25, 0.3) is 17.1 Å². The van der Waals surface area contributed by atoms with Crippen molar-refractivity contribution in [2.45, 2.75) is 52.6 Å². The summed E-state index contributed by atoms with van der Waals surface area (Å²) in [5.74, 6) is -4.07. The standard InChI is InChI=1S/C35H39FN6O5.C2HF3O2/c1-7-22-16-26(30(36)29(18-22)46-20-35(3,4)19-41(5)6)27(17-23-12-14-24(15-13-23)31-37-21(2)47-40-31)32-38-34(45)42(39-32)28-11-9-8-10-25(28)33(43)44;3-2(4,5)1(6)7/h8-16,18,27H,7,17,19-20H2,1-6H3,(H,43,44)(H,38,39,45);(H,6,7). The quantitative estimate of drug-likeness (QED) is 0.115. The molecule has 0 fully saturated rings. The molecule has 5 aromatic rings. The van der Waals surface area contributed by atoms with E-state index < -0.39 is 35.5 Å². The first-order valence-corrected chi connectivity index (χ1v) is 16.6. The third-order valence-corrected chi connectivity index (χ3v) is 8.02. The number of aromatic carboxylic acids is 1. The van der Waals surface area contributed by atoms with Gasteiger partial charge in [0.1, 0.15) is 5.82 Å². The fourth-order valence-electron chi connectivity index (χ4n) is 5.71. The SMILES string of the molecule is CCc1cc(OCC(C)(C)CN(C)C)c(F)c(C(Cc2ccc(-c3noc(C)n3)cc2)c2nn(-c3ccccc3C(=O)O)c(=O)[nH]2)c1.O=C(O)C(F)(F)F. The van der Waals surface area contributed by atoms with Crippen LogP contribution in [-0.4, -0.2) is 85.4 Å². The number of nitrogens with zero attached hydrogens (tertiary/aromatic N) is 5. The summed E-state index contributed by atoms with van der Waals surface area (Å²) in [6, 6.07) is 17.0. The van der Waals surface area contributed by atoms with Crippen LogP contribution < -0.4 is 10.4 Å². The molecule has 1 atom stereocenters. The highest BCUT2D eigenvalue weighted by atomic mass is 19.4. The number of hydrogen-bond donors (Lipinski definition) is 3. The summed E-state index contributed by atoms with van der Waals surface area (Å²) in [6.07, 6.45) is -4.21. The van der Waals surface area contributed by atoms with Gasteiger partial charge in [0.25, 0.3) is 0 Å². The van der Waals surface area contributed by atoms with E-state index in [1.807, 2.05) is 45.3 Å². The average Bonchev–Trinajstić information content (AvgIpc) is 3.71. The average molecular weight is 757 g/mol. The lowest BCUT2D eigenvalue weighted by Crippen LogP contribution is -2.33. The van der Waals surface area contributed by atoms with E-state index in [4.69, 9.17) is 19.2 Å². The highest BCUT2D eigenvalue weighted by Gasteiger charge is 2.38. The molecular formula is C37H40F4N6O7. The van der Waals surface area contributed by atoms with Gasteiger partial charge in [-0.1, -0.05) is 68.4 Å². The second-order valence-electron chi connectivity index (χ2n) is 13.5. The van der Waals surface area contributed by atoms with Crippen molar-refractivity contribution in [1.29, 1.82) is 0 Å². The highest BCUT2D eigenvalue weighted by molar-refractivity contribution is 5.91. The number of aryl methyl sites for hydroxylation is 2. The lowest BCUT2D eigenvalue weighted by Gasteiger charge is -2.28. The maximum atomic E-state index is 16.6. The number of nitrogens with one attached hydrogen (secondary N) is 1. The molecule has 0 aliphatic rings. The number of halogens is 4. The van der Waals surface area contributed by atoms with Crippen molar-refractivity contribution in [3.63, 3.8) is 0 Å². The molecule has 3 aromatic carbocycles. The van der Waals surface area contributed by atoms with Crippen LogP contribution in [0, 0.1) is 18.2 Å². The molecule has 3 N–H and O–H groups in total. The van der Waals surface area contributed by atoms with Crippen LogP contribution in [-0.2, 0) is 17.6 Å². The smallest absolute Gasteiger partial charge is 0.490 e. The number of ether oxygens (including phenoxy) is 1. The van der Waals surface area contributed by atoms with Gasteiger partial charge in [-0.3, -0.25) is 4.98 Å². The molecule has 0 aliphatic heterocycles. The fourth-order valence-corrected chi connectivity index (χ4v) is 5.71. The van der Waals surface area contributed by atoms with Gasteiger partial charge in [0.15, 0.2) is 11.6 Å². The molecule has 1 unspecified atom stereocenters. The lowest BCUT2D eigenvalue weighted by molar-refractivity contribution is -0.192. The summed E-state index contributed by atoms with van der Waals surface area (Å²) in [7, 11) is 3.96. The van der Waals surface area contributed by atoms with Crippen LogP contribution in [0.15, 0.2) is 70.0 Å². The van der Waals surface area contributed by atoms with Crippen LogP contribution in [0.4, 0.5) is 17.6 Å². The lowest BCUT2D eigenvalue weighted by atomic mass is 9.89. The molecule has 5 rings (SSSR count). The first-order valence-electron chi connectivity index (χ1n) is 16.6. The number of para-hydroxylation sites is 1. The minimum absolute atomic E-state index is 0.0910. The predicted molar refractivity (Wildman–Crippen MR) is 188 cm³/mol. The summed E-state index contributed by atoms with van der Waals surface area (Å²) in [5, 5.41) is 25.4. The molecule has 17 heteroatoms. The van der Waals surface area contributed by atoms with Gasteiger partial charge in [0, 0.05) is 30.0 Å². The number of aromatic nitrogens is 5. The molecule has 0 bridgehead atoms. The Bertz CT molecular complexity index is 2140. The van der Waals surface area contributed by atoms with E-state index in [1.54, 1.807) is 31.2 Å². The van der Waals surface area contributed by atoms with Crippen molar-refractivity contribution in [3.05, 3.63) is 111 Å². The van der Waals surface area contributed by atoms with E-state index in [-0.39, 0.29) is 41.3 Å². The van der Waals surface area contributed by atoms with Gasteiger partial charge < -0.3 is 24.4 Å². The van der Waals surface area contributed by atoms with Crippen LogP contribution in [0.3, 0.4) is 0 Å². The van der Waals surface area contributed by atoms with Gasteiger partial charge >= 0.3 is 23.8 Å². The molecule has 2 heterocycles. The Kier molecular flexibility index (Phi) is 12.8. The van der Waals surface area contributed by atoms with Crippen molar-refractivity contribution >= 4 is 11.9 Å². The Morgan fingerprint density at radius 1 is 1.04 bits per heavy atom. The Labute approximate surface area is 307 Å². The fraction of sp³-hybridized carbons (Fsp3) is 0.351. The number of benzene rings is 3. The van der Waals surface area contributed by atoms with Gasteiger partial charge in [0.05, 0.1) is 23.8 Å². The molecule has 0 aliphatic carbocycles. The Balaban J connectivity index is 0.000000845. The number of carbonyl (C=O) groups is 2. The summed E-state index contributed by atoms with van der Waals surface area (Å²) >= 11 is 0. The van der Waals surface area contributed by atoms with E-state index >= 15 is 4.39 Å². The van der Waals surface area contributed by atoms with E-state index in [9.17, 15) is 27.9 Å². The van der Waals surface area contributed by atoms with Crippen molar-refractivity contribution in [1.82, 2.24) is 29.8 Å². The maximum absolute atomic E-state index is 16.6. The highest BCUT2D eigenvalue weighted by Crippen LogP contribution is 2.35. The zero-order valence-electron chi connectivity index (χ0n) is 30.4. The van der Waals surface area contributed by atoms with Crippen LogP contribution >= 0.6 is 0 Å². The van der Waals surface area contributed by atoms with Crippen LogP contribution in [0.1, 0.15) is 65.5 Å². The number of aliphatic carboxylic acids is 1. The van der Waals surface area contributed by atoms with Crippen molar-refractivity contribution in [2.75, 3.05) is 27.2 Å². The van der Waals surface area contributed by atoms with Crippen LogP contribution in [0.2, 0.25) is 0 Å². The molecule has 0 spiro atoms. The number of hydrogen-bond acceptors (Lipinski definition) is 9. The predicted octanol–water partition coefficient (Wildman–Crippen LogP) is 6.29. The van der Waals surface area contributed by atoms with E-state index in [2.05, 4.69) is 39.0 Å². The Morgan fingerprint density at radius 2 is 1.69 bits per heavy atom. The Morgan fingerprint density at radius 3 is 2.24 bits per heavy atom. The molecule has 0 saturated heterocycles. The summed E-state index contributed by atoms with van der Waals surface area (Å²) in [5.41, 5.74) is 1.85. The topological polar surface area (TPSA) is 177 Å². The third-order valence-electron chi connectivity index (χ3n) is 8.02. The zero-order valence-corrected chi connectivity index (χ0v) is 30.4. The summed E-state index contributed by atoms with van der Waals surface area (Å²) in [6.45, 7) is 8.84. The van der Waals surface area contributed by atoms with E-state index in [0.29, 0.717) is 23.7 Å². The molecule has 0 radical (unpaired) electrons. The van der Waals surface area contributed by atoms with E-state index in [0.717, 1.165) is 27.9 Å². The summed E-state index contributed by atoms with van der Waals surface area (Å²) < 4.78 is 60.6. The van der Waals surface area contributed by atoms with Crippen molar-refractivity contribution in [2.24, 2.45) is 5.41 Å². The monoisotopic (exact) mass is 756 g/mol. The van der Waals surface area contributed by atoms with Crippen molar-refractivity contribution in [3.8, 4) is 22.8 Å². The van der Waals surface area contributed by atoms with Gasteiger partial charge in [0.2, 0.25) is 11.7 Å². The number of carboxylic acids is 2. The van der Waals surface area contributed by atoms with Gasteiger partial charge in [-0.2, -0.15) is 22.8 Å². The second-order valence-corrected chi connectivity index (χ2v) is 13.5. The van der Waals surface area contributed by atoms with Gasteiger partial charge in [-0.15, -0.1) is 5.10 Å². The molecule has 54 heavy (non-hydrogen) atoms. The number of aromatic amines is 1.